The molecule has 0 radical (unpaired) electrons. The molecule has 0 bridgehead atoms. The van der Waals surface area contributed by atoms with E-state index in [1.807, 2.05) is 66.7 Å². The van der Waals surface area contributed by atoms with E-state index >= 15 is 0 Å². The number of sulfonamides is 1. The summed E-state index contributed by atoms with van der Waals surface area (Å²) in [4.78, 5) is 6.58. The first-order valence-corrected chi connectivity index (χ1v) is 12.4. The summed E-state index contributed by atoms with van der Waals surface area (Å²) in [6, 6.07) is 21.5. The zero-order valence-corrected chi connectivity index (χ0v) is 19.0. The Balaban J connectivity index is 1.42. The lowest BCUT2D eigenvalue weighted by molar-refractivity contribution is 0.187. The van der Waals surface area contributed by atoms with Gasteiger partial charge in [-0.05, 0) is 36.1 Å². The zero-order chi connectivity index (χ0) is 22.2. The minimum absolute atomic E-state index is 0.360. The first-order valence-electron chi connectivity index (χ1n) is 10.9. The number of para-hydroxylation sites is 1. The molecule has 1 saturated heterocycles. The number of aromatic nitrogens is 1. The van der Waals surface area contributed by atoms with Crippen LogP contribution in [0.2, 0.25) is 0 Å². The highest BCUT2D eigenvalue weighted by molar-refractivity contribution is 7.94. The second-order valence-electron chi connectivity index (χ2n) is 8.46. The molecule has 2 aliphatic rings. The van der Waals surface area contributed by atoms with Gasteiger partial charge in [0.25, 0.3) is 0 Å². The van der Waals surface area contributed by atoms with E-state index in [0.717, 1.165) is 22.4 Å². The van der Waals surface area contributed by atoms with Crippen molar-refractivity contribution in [2.75, 3.05) is 24.5 Å². The average molecular weight is 450 g/mol. The number of rotatable bonds is 5. The normalized spacial score (nSPS) is 19.1. The molecule has 1 spiro atoms. The standard InChI is InChI=1S/C25H27N3O3S/c1-31-24-21(10-7-15-26-24)19-27-16-13-25(14-17-27)22-11-5-6-12-23(22)28(32(25,29)30)18-20-8-3-2-4-9-20/h2-12,15H,13-14,16-19H2,1H3. The number of fused-ring (bicyclic) bond motifs is 2. The van der Waals surface area contributed by atoms with Crippen LogP contribution in [0.5, 0.6) is 5.88 Å². The summed E-state index contributed by atoms with van der Waals surface area (Å²) >= 11 is 0. The highest BCUT2D eigenvalue weighted by Gasteiger charge is 2.56. The molecule has 6 nitrogen and oxygen atoms in total. The Hall–Kier alpha value is -2.90. The van der Waals surface area contributed by atoms with Crippen molar-refractivity contribution in [3.8, 4) is 5.88 Å². The van der Waals surface area contributed by atoms with Crippen LogP contribution in [0.3, 0.4) is 0 Å². The summed E-state index contributed by atoms with van der Waals surface area (Å²) < 4.78 is 34.1. The molecular weight excluding hydrogens is 422 g/mol. The number of hydrogen-bond acceptors (Lipinski definition) is 5. The van der Waals surface area contributed by atoms with E-state index in [1.54, 1.807) is 17.6 Å². The Morgan fingerprint density at radius 2 is 1.66 bits per heavy atom. The number of anilines is 1. The van der Waals surface area contributed by atoms with Crippen LogP contribution in [0.4, 0.5) is 5.69 Å². The second-order valence-corrected chi connectivity index (χ2v) is 10.6. The maximum atomic E-state index is 14.0. The van der Waals surface area contributed by atoms with Gasteiger partial charge in [0.1, 0.15) is 4.75 Å². The van der Waals surface area contributed by atoms with Gasteiger partial charge in [0, 0.05) is 31.4 Å². The zero-order valence-electron chi connectivity index (χ0n) is 18.1. The Morgan fingerprint density at radius 3 is 2.41 bits per heavy atom. The van der Waals surface area contributed by atoms with Crippen LogP contribution in [-0.4, -0.2) is 38.5 Å². The largest absolute Gasteiger partial charge is 0.481 e. The van der Waals surface area contributed by atoms with Gasteiger partial charge >= 0.3 is 0 Å². The third kappa shape index (κ3) is 3.36. The van der Waals surface area contributed by atoms with E-state index < -0.39 is 14.8 Å². The minimum atomic E-state index is -3.55. The number of likely N-dealkylation sites (tertiary alicyclic amines) is 1. The third-order valence-electron chi connectivity index (χ3n) is 6.72. The Morgan fingerprint density at radius 1 is 0.938 bits per heavy atom. The number of nitrogens with zero attached hydrogens (tertiary/aromatic N) is 3. The number of hydrogen-bond donors (Lipinski definition) is 0. The maximum Gasteiger partial charge on any atom is 0.245 e. The molecule has 0 aliphatic carbocycles. The van der Waals surface area contributed by atoms with Gasteiger partial charge < -0.3 is 4.74 Å². The lowest BCUT2D eigenvalue weighted by atomic mass is 9.87. The van der Waals surface area contributed by atoms with Gasteiger partial charge in [-0.25, -0.2) is 13.4 Å². The SMILES string of the molecule is COc1ncccc1CN1CCC2(CC1)c1ccccc1N(Cc1ccccc1)S2(=O)=O. The number of methoxy groups -OCH3 is 1. The average Bonchev–Trinajstić information content (AvgIpc) is 3.00. The molecule has 0 unspecified atom stereocenters. The van der Waals surface area contributed by atoms with E-state index in [1.165, 1.54) is 0 Å². The molecule has 32 heavy (non-hydrogen) atoms. The summed E-state index contributed by atoms with van der Waals surface area (Å²) in [6.45, 7) is 2.45. The first kappa shape index (κ1) is 21.0. The van der Waals surface area contributed by atoms with Crippen LogP contribution in [-0.2, 0) is 27.9 Å². The second kappa shape index (κ2) is 8.22. The van der Waals surface area contributed by atoms with Gasteiger partial charge in [0.05, 0.1) is 19.3 Å². The van der Waals surface area contributed by atoms with Crippen molar-refractivity contribution in [1.29, 1.82) is 0 Å². The molecule has 3 heterocycles. The van der Waals surface area contributed by atoms with Gasteiger partial charge in [0.2, 0.25) is 15.9 Å². The summed E-state index contributed by atoms with van der Waals surface area (Å²) in [7, 11) is -1.92. The maximum absolute atomic E-state index is 14.0. The van der Waals surface area contributed by atoms with E-state index in [4.69, 9.17) is 4.74 Å². The van der Waals surface area contributed by atoms with Gasteiger partial charge in [-0.15, -0.1) is 0 Å². The lowest BCUT2D eigenvalue weighted by Crippen LogP contribution is -2.48. The Labute approximate surface area is 189 Å². The summed E-state index contributed by atoms with van der Waals surface area (Å²) in [5, 5.41) is 0. The third-order valence-corrected chi connectivity index (χ3v) is 9.24. The molecule has 3 aromatic rings. The molecule has 1 aromatic heterocycles. The van der Waals surface area contributed by atoms with E-state index in [0.29, 0.717) is 44.9 Å². The van der Waals surface area contributed by atoms with Crippen molar-refractivity contribution in [3.63, 3.8) is 0 Å². The van der Waals surface area contributed by atoms with E-state index in [2.05, 4.69) is 9.88 Å². The number of piperidine rings is 1. The topological polar surface area (TPSA) is 62.7 Å². The van der Waals surface area contributed by atoms with Crippen molar-refractivity contribution in [2.45, 2.75) is 30.7 Å². The van der Waals surface area contributed by atoms with Crippen LogP contribution in [0.15, 0.2) is 72.9 Å². The molecule has 0 amide bonds. The minimum Gasteiger partial charge on any atom is -0.481 e. The summed E-state index contributed by atoms with van der Waals surface area (Å²) in [5.74, 6) is 0.626. The molecular formula is C25H27N3O3S. The number of ether oxygens (including phenoxy) is 1. The first-order chi connectivity index (χ1) is 15.5. The fourth-order valence-corrected chi connectivity index (χ4v) is 7.35. The predicted molar refractivity (Wildman–Crippen MR) is 125 cm³/mol. The van der Waals surface area contributed by atoms with E-state index in [9.17, 15) is 8.42 Å². The quantitative estimate of drug-likeness (QED) is 0.591. The molecule has 1 fully saturated rings. The molecule has 166 valence electrons. The van der Waals surface area contributed by atoms with Gasteiger partial charge in [-0.1, -0.05) is 54.6 Å². The van der Waals surface area contributed by atoms with Crippen LogP contribution < -0.4 is 9.04 Å². The molecule has 0 atom stereocenters. The van der Waals surface area contributed by atoms with Gasteiger partial charge in [-0.3, -0.25) is 9.21 Å². The number of pyridine rings is 1. The van der Waals surface area contributed by atoms with Crippen molar-refractivity contribution >= 4 is 15.7 Å². The van der Waals surface area contributed by atoms with E-state index in [-0.39, 0.29) is 0 Å². The van der Waals surface area contributed by atoms with Crippen LogP contribution in [0, 0.1) is 0 Å². The van der Waals surface area contributed by atoms with Crippen molar-refractivity contribution < 1.29 is 13.2 Å². The van der Waals surface area contributed by atoms with Crippen LogP contribution in [0.25, 0.3) is 0 Å². The molecule has 7 heteroatoms. The van der Waals surface area contributed by atoms with Gasteiger partial charge in [0.15, 0.2) is 0 Å². The molecule has 5 rings (SSSR count). The summed E-state index contributed by atoms with van der Waals surface area (Å²) in [5.41, 5.74) is 3.77. The fraction of sp³-hybridized carbons (Fsp3) is 0.320. The highest BCUT2D eigenvalue weighted by Crippen LogP contribution is 2.53. The number of benzene rings is 2. The monoisotopic (exact) mass is 449 g/mol. The highest BCUT2D eigenvalue weighted by atomic mass is 32.2. The van der Waals surface area contributed by atoms with Crippen molar-refractivity contribution in [3.05, 3.63) is 89.6 Å². The van der Waals surface area contributed by atoms with Crippen LogP contribution >= 0.6 is 0 Å². The fourth-order valence-electron chi connectivity index (χ4n) is 5.04. The molecule has 0 N–H and O–H groups in total. The molecule has 2 aromatic carbocycles. The molecule has 2 aliphatic heterocycles. The summed E-state index contributed by atoms with van der Waals surface area (Å²) in [6.07, 6.45) is 2.86. The van der Waals surface area contributed by atoms with Gasteiger partial charge in [-0.2, -0.15) is 0 Å². The Kier molecular flexibility index (Phi) is 5.39. The predicted octanol–water partition coefficient (Wildman–Crippen LogP) is 3.93. The smallest absolute Gasteiger partial charge is 0.245 e. The lowest BCUT2D eigenvalue weighted by Gasteiger charge is -2.39. The van der Waals surface area contributed by atoms with Crippen LogP contribution in [0.1, 0.15) is 29.5 Å². The molecule has 0 saturated carbocycles. The van der Waals surface area contributed by atoms with Crippen molar-refractivity contribution in [1.82, 2.24) is 9.88 Å². The van der Waals surface area contributed by atoms with Crippen molar-refractivity contribution in [2.24, 2.45) is 0 Å². The Bertz CT molecular complexity index is 1210.